The molecule has 0 aromatic heterocycles. The summed E-state index contributed by atoms with van der Waals surface area (Å²) < 4.78 is 5.30. The summed E-state index contributed by atoms with van der Waals surface area (Å²) in [6.45, 7) is 3.71. The van der Waals surface area contributed by atoms with E-state index in [0.29, 0.717) is 25.2 Å². The van der Waals surface area contributed by atoms with E-state index in [0.717, 1.165) is 39.0 Å². The van der Waals surface area contributed by atoms with Crippen molar-refractivity contribution in [2.45, 2.75) is 50.6 Å². The van der Waals surface area contributed by atoms with E-state index in [4.69, 9.17) is 10.5 Å². The molecule has 1 heterocycles. The Balaban J connectivity index is 1.73. The molecule has 110 valence electrons. The van der Waals surface area contributed by atoms with E-state index in [2.05, 4.69) is 10.2 Å². The van der Waals surface area contributed by atoms with Crippen molar-refractivity contribution in [2.75, 3.05) is 32.8 Å². The minimum Gasteiger partial charge on any atom is -0.381 e. The third-order valence-corrected chi connectivity index (χ3v) is 4.17. The summed E-state index contributed by atoms with van der Waals surface area (Å²) in [7, 11) is 0. The van der Waals surface area contributed by atoms with Crippen molar-refractivity contribution in [1.82, 2.24) is 10.2 Å². The maximum absolute atomic E-state index is 12.1. The number of rotatable bonds is 7. The molecule has 1 saturated heterocycles. The van der Waals surface area contributed by atoms with Gasteiger partial charge in [0.15, 0.2) is 0 Å². The van der Waals surface area contributed by atoms with Crippen molar-refractivity contribution in [3.05, 3.63) is 0 Å². The molecule has 1 amide bonds. The number of carbonyl (C=O) groups is 1. The Labute approximate surface area is 115 Å². The predicted octanol–water partition coefficient (Wildman–Crippen LogP) is 0.485. The van der Waals surface area contributed by atoms with Gasteiger partial charge in [0.05, 0.1) is 6.54 Å². The molecule has 1 aliphatic carbocycles. The molecule has 0 aromatic carbocycles. The fourth-order valence-electron chi connectivity index (χ4n) is 2.74. The van der Waals surface area contributed by atoms with Crippen LogP contribution in [0.25, 0.3) is 0 Å². The Morgan fingerprint density at radius 1 is 1.26 bits per heavy atom. The SMILES string of the molecule is NCCCN(CC(=O)NC1CCOCC1)C1CCC1. The van der Waals surface area contributed by atoms with Gasteiger partial charge in [0.2, 0.25) is 5.91 Å². The van der Waals surface area contributed by atoms with E-state index >= 15 is 0 Å². The monoisotopic (exact) mass is 269 g/mol. The lowest BCUT2D eigenvalue weighted by Crippen LogP contribution is -2.49. The first-order valence-corrected chi connectivity index (χ1v) is 7.61. The minimum atomic E-state index is 0.163. The van der Waals surface area contributed by atoms with Crippen molar-refractivity contribution >= 4 is 5.91 Å². The number of nitrogens with one attached hydrogen (secondary N) is 1. The maximum Gasteiger partial charge on any atom is 0.234 e. The predicted molar refractivity (Wildman–Crippen MR) is 74.9 cm³/mol. The number of hydrogen-bond acceptors (Lipinski definition) is 4. The van der Waals surface area contributed by atoms with Gasteiger partial charge in [0.1, 0.15) is 0 Å². The van der Waals surface area contributed by atoms with Crippen LogP contribution in [-0.4, -0.2) is 55.7 Å². The normalized spacial score (nSPS) is 21.4. The Hall–Kier alpha value is -0.650. The second-order valence-electron chi connectivity index (χ2n) is 5.65. The zero-order valence-corrected chi connectivity index (χ0v) is 11.8. The first-order valence-electron chi connectivity index (χ1n) is 7.61. The van der Waals surface area contributed by atoms with Crippen LogP contribution < -0.4 is 11.1 Å². The molecular weight excluding hydrogens is 242 g/mol. The van der Waals surface area contributed by atoms with E-state index < -0.39 is 0 Å². The average Bonchev–Trinajstić information content (AvgIpc) is 2.35. The van der Waals surface area contributed by atoms with Gasteiger partial charge in [-0.2, -0.15) is 0 Å². The van der Waals surface area contributed by atoms with Crippen LogP contribution in [0.3, 0.4) is 0 Å². The molecule has 0 unspecified atom stereocenters. The highest BCUT2D eigenvalue weighted by Crippen LogP contribution is 2.24. The summed E-state index contributed by atoms with van der Waals surface area (Å²) in [5.74, 6) is 0.163. The molecule has 2 rings (SSSR count). The van der Waals surface area contributed by atoms with Gasteiger partial charge in [0.25, 0.3) is 0 Å². The second-order valence-corrected chi connectivity index (χ2v) is 5.65. The fourth-order valence-corrected chi connectivity index (χ4v) is 2.74. The van der Waals surface area contributed by atoms with Crippen LogP contribution in [-0.2, 0) is 9.53 Å². The molecule has 2 fully saturated rings. The van der Waals surface area contributed by atoms with Gasteiger partial charge in [-0.25, -0.2) is 0 Å². The van der Waals surface area contributed by atoms with E-state index in [-0.39, 0.29) is 5.91 Å². The van der Waals surface area contributed by atoms with Crippen molar-refractivity contribution in [2.24, 2.45) is 5.73 Å². The zero-order chi connectivity index (χ0) is 13.5. The molecule has 5 nitrogen and oxygen atoms in total. The molecule has 0 bridgehead atoms. The lowest BCUT2D eigenvalue weighted by atomic mass is 9.91. The third-order valence-electron chi connectivity index (χ3n) is 4.17. The molecule has 3 N–H and O–H groups in total. The van der Waals surface area contributed by atoms with Gasteiger partial charge >= 0.3 is 0 Å². The van der Waals surface area contributed by atoms with Crippen LogP contribution in [0.4, 0.5) is 0 Å². The van der Waals surface area contributed by atoms with E-state index in [9.17, 15) is 4.79 Å². The molecule has 0 radical (unpaired) electrons. The van der Waals surface area contributed by atoms with Gasteiger partial charge in [0, 0.05) is 31.8 Å². The molecule has 19 heavy (non-hydrogen) atoms. The topological polar surface area (TPSA) is 67.6 Å². The van der Waals surface area contributed by atoms with Crippen molar-refractivity contribution in [1.29, 1.82) is 0 Å². The number of nitrogens with two attached hydrogens (primary N) is 1. The number of nitrogens with zero attached hydrogens (tertiary/aromatic N) is 1. The van der Waals surface area contributed by atoms with Gasteiger partial charge in [-0.1, -0.05) is 6.42 Å². The highest BCUT2D eigenvalue weighted by atomic mass is 16.5. The van der Waals surface area contributed by atoms with Crippen molar-refractivity contribution < 1.29 is 9.53 Å². The Kier molecular flexibility index (Phi) is 6.07. The molecule has 2 aliphatic rings. The standard InChI is InChI=1S/C14H27N3O2/c15-7-2-8-17(13-3-1-4-13)11-14(18)16-12-5-9-19-10-6-12/h12-13H,1-11,15H2,(H,16,18). The van der Waals surface area contributed by atoms with Gasteiger partial charge in [-0.3, -0.25) is 9.69 Å². The molecule has 5 heteroatoms. The molecule has 0 aromatic rings. The molecule has 0 spiro atoms. The maximum atomic E-state index is 12.1. The van der Waals surface area contributed by atoms with Crippen LogP contribution in [0.5, 0.6) is 0 Å². The summed E-state index contributed by atoms with van der Waals surface area (Å²) in [6, 6.07) is 0.908. The van der Waals surface area contributed by atoms with Crippen LogP contribution in [0, 0.1) is 0 Å². The lowest BCUT2D eigenvalue weighted by Gasteiger charge is -2.37. The number of amides is 1. The summed E-state index contributed by atoms with van der Waals surface area (Å²) >= 11 is 0. The van der Waals surface area contributed by atoms with E-state index in [1.54, 1.807) is 0 Å². The summed E-state index contributed by atoms with van der Waals surface area (Å²) in [5, 5.41) is 3.14. The smallest absolute Gasteiger partial charge is 0.234 e. The largest absolute Gasteiger partial charge is 0.381 e. The highest BCUT2D eigenvalue weighted by molar-refractivity contribution is 5.78. The Bertz CT molecular complexity index is 276. The Morgan fingerprint density at radius 2 is 2.00 bits per heavy atom. The third kappa shape index (κ3) is 4.75. The first kappa shape index (κ1) is 14.8. The van der Waals surface area contributed by atoms with Gasteiger partial charge in [-0.15, -0.1) is 0 Å². The second kappa shape index (κ2) is 7.82. The minimum absolute atomic E-state index is 0.163. The van der Waals surface area contributed by atoms with Crippen molar-refractivity contribution in [3.63, 3.8) is 0 Å². The lowest BCUT2D eigenvalue weighted by molar-refractivity contribution is -0.124. The molecule has 1 saturated carbocycles. The number of carbonyl (C=O) groups excluding carboxylic acids is 1. The van der Waals surface area contributed by atoms with Gasteiger partial charge < -0.3 is 15.8 Å². The van der Waals surface area contributed by atoms with Gasteiger partial charge in [-0.05, 0) is 38.6 Å². The van der Waals surface area contributed by atoms with E-state index in [1.165, 1.54) is 19.3 Å². The Morgan fingerprint density at radius 3 is 2.58 bits per heavy atom. The van der Waals surface area contributed by atoms with Crippen LogP contribution in [0.1, 0.15) is 38.5 Å². The van der Waals surface area contributed by atoms with Crippen molar-refractivity contribution in [3.8, 4) is 0 Å². The summed E-state index contributed by atoms with van der Waals surface area (Å²) in [6.07, 6.45) is 6.62. The molecular formula is C14H27N3O2. The molecule has 0 atom stereocenters. The summed E-state index contributed by atoms with van der Waals surface area (Å²) in [5.41, 5.74) is 5.58. The zero-order valence-electron chi connectivity index (χ0n) is 11.8. The van der Waals surface area contributed by atoms with Crippen LogP contribution >= 0.6 is 0 Å². The van der Waals surface area contributed by atoms with E-state index in [1.807, 2.05) is 0 Å². The highest BCUT2D eigenvalue weighted by Gasteiger charge is 2.26. The number of hydrogen-bond donors (Lipinski definition) is 2. The summed E-state index contributed by atoms with van der Waals surface area (Å²) in [4.78, 5) is 14.4. The number of ether oxygens (including phenoxy) is 1. The van der Waals surface area contributed by atoms with Crippen LogP contribution in [0.2, 0.25) is 0 Å². The fraction of sp³-hybridized carbons (Fsp3) is 0.929. The quantitative estimate of drug-likeness (QED) is 0.705. The van der Waals surface area contributed by atoms with Crippen LogP contribution in [0.15, 0.2) is 0 Å². The first-order chi connectivity index (χ1) is 9.29. The average molecular weight is 269 g/mol. The molecule has 1 aliphatic heterocycles.